The van der Waals surface area contributed by atoms with Gasteiger partial charge in [-0.1, -0.05) is 32.0 Å². The number of hydrogen-bond acceptors (Lipinski definition) is 2. The summed E-state index contributed by atoms with van der Waals surface area (Å²) in [7, 11) is 2.06. The summed E-state index contributed by atoms with van der Waals surface area (Å²) in [5.74, 6) is -0.101. The van der Waals surface area contributed by atoms with Crippen molar-refractivity contribution in [2.75, 3.05) is 20.1 Å². The standard InChI is InChI=1S/C17H29FN2/c1-4-12-19-16(5-2)10-8-13-20(3)14-15-9-6-7-11-17(15)18/h6-7,9,11,16,19H,4-5,8,10,12-14H2,1-3H3. The molecule has 1 aromatic rings. The van der Waals surface area contributed by atoms with Gasteiger partial charge < -0.3 is 10.2 Å². The molecule has 1 aromatic carbocycles. The SMILES string of the molecule is CCCNC(CC)CCCN(C)Cc1ccccc1F. The van der Waals surface area contributed by atoms with Crippen LogP contribution in [-0.2, 0) is 6.54 Å². The van der Waals surface area contributed by atoms with Crippen molar-refractivity contribution in [3.05, 3.63) is 35.6 Å². The molecule has 1 rings (SSSR count). The summed E-state index contributed by atoms with van der Waals surface area (Å²) in [4.78, 5) is 2.20. The van der Waals surface area contributed by atoms with Gasteiger partial charge in [-0.25, -0.2) is 4.39 Å². The molecule has 0 bridgehead atoms. The van der Waals surface area contributed by atoms with E-state index in [1.165, 1.54) is 25.3 Å². The van der Waals surface area contributed by atoms with Crippen LogP contribution in [0.2, 0.25) is 0 Å². The van der Waals surface area contributed by atoms with E-state index in [-0.39, 0.29) is 5.82 Å². The number of rotatable bonds is 10. The van der Waals surface area contributed by atoms with Gasteiger partial charge in [0.2, 0.25) is 0 Å². The van der Waals surface area contributed by atoms with Gasteiger partial charge in [0.25, 0.3) is 0 Å². The number of halogens is 1. The van der Waals surface area contributed by atoms with Gasteiger partial charge in [0.05, 0.1) is 0 Å². The summed E-state index contributed by atoms with van der Waals surface area (Å²) < 4.78 is 13.6. The molecule has 0 fully saturated rings. The molecule has 20 heavy (non-hydrogen) atoms. The smallest absolute Gasteiger partial charge is 0.127 e. The third-order valence-corrected chi connectivity index (χ3v) is 3.67. The van der Waals surface area contributed by atoms with Crippen molar-refractivity contribution >= 4 is 0 Å². The summed E-state index contributed by atoms with van der Waals surface area (Å²) >= 11 is 0. The average molecular weight is 280 g/mol. The van der Waals surface area contributed by atoms with Crippen molar-refractivity contribution in [2.45, 2.75) is 52.1 Å². The number of nitrogens with zero attached hydrogens (tertiary/aromatic N) is 1. The van der Waals surface area contributed by atoms with Gasteiger partial charge in [-0.15, -0.1) is 0 Å². The van der Waals surface area contributed by atoms with Crippen molar-refractivity contribution < 1.29 is 4.39 Å². The Bertz CT molecular complexity index is 368. The number of nitrogens with one attached hydrogen (secondary N) is 1. The lowest BCUT2D eigenvalue weighted by Crippen LogP contribution is -2.30. The second-order valence-electron chi connectivity index (χ2n) is 5.53. The van der Waals surface area contributed by atoms with Gasteiger partial charge in [-0.3, -0.25) is 0 Å². The van der Waals surface area contributed by atoms with Gasteiger partial charge in [0, 0.05) is 18.2 Å². The van der Waals surface area contributed by atoms with E-state index in [1.807, 2.05) is 12.1 Å². The third kappa shape index (κ3) is 6.49. The molecule has 114 valence electrons. The van der Waals surface area contributed by atoms with Crippen molar-refractivity contribution in [2.24, 2.45) is 0 Å². The van der Waals surface area contributed by atoms with Crippen molar-refractivity contribution in [3.63, 3.8) is 0 Å². The molecule has 0 saturated carbocycles. The molecule has 0 spiro atoms. The Labute approximate surface area is 123 Å². The number of benzene rings is 1. The summed E-state index contributed by atoms with van der Waals surface area (Å²) in [6.45, 7) is 7.23. The van der Waals surface area contributed by atoms with E-state index in [0.29, 0.717) is 12.6 Å². The molecule has 0 aliphatic heterocycles. The van der Waals surface area contributed by atoms with E-state index >= 15 is 0 Å². The first-order valence-corrected chi connectivity index (χ1v) is 7.82. The Morgan fingerprint density at radius 1 is 1.25 bits per heavy atom. The number of hydrogen-bond donors (Lipinski definition) is 1. The highest BCUT2D eigenvalue weighted by Crippen LogP contribution is 2.10. The van der Waals surface area contributed by atoms with Crippen LogP contribution in [0, 0.1) is 5.82 Å². The normalized spacial score (nSPS) is 12.8. The van der Waals surface area contributed by atoms with Crippen LogP contribution in [0.5, 0.6) is 0 Å². The Morgan fingerprint density at radius 2 is 2.00 bits per heavy atom. The zero-order chi connectivity index (χ0) is 14.8. The van der Waals surface area contributed by atoms with Gasteiger partial charge in [0.15, 0.2) is 0 Å². The molecular weight excluding hydrogens is 251 g/mol. The van der Waals surface area contributed by atoms with Crippen LogP contribution < -0.4 is 5.32 Å². The highest BCUT2D eigenvalue weighted by molar-refractivity contribution is 5.16. The summed E-state index contributed by atoms with van der Waals surface area (Å²) in [6, 6.07) is 7.66. The zero-order valence-corrected chi connectivity index (χ0v) is 13.2. The molecule has 0 heterocycles. The predicted molar refractivity (Wildman–Crippen MR) is 84.3 cm³/mol. The maximum absolute atomic E-state index is 13.6. The lowest BCUT2D eigenvalue weighted by atomic mass is 10.1. The topological polar surface area (TPSA) is 15.3 Å². The van der Waals surface area contributed by atoms with Gasteiger partial charge in [0.1, 0.15) is 5.82 Å². The molecule has 2 nitrogen and oxygen atoms in total. The Hall–Kier alpha value is -0.930. The minimum absolute atomic E-state index is 0.101. The zero-order valence-electron chi connectivity index (χ0n) is 13.2. The quantitative estimate of drug-likeness (QED) is 0.701. The van der Waals surface area contributed by atoms with E-state index in [2.05, 4.69) is 31.1 Å². The molecule has 3 heteroatoms. The van der Waals surface area contributed by atoms with Crippen LogP contribution in [0.1, 0.15) is 45.1 Å². The molecular formula is C17H29FN2. The first-order chi connectivity index (χ1) is 9.67. The maximum atomic E-state index is 13.6. The van der Waals surface area contributed by atoms with Gasteiger partial charge in [-0.05, 0) is 51.9 Å². The van der Waals surface area contributed by atoms with Crippen molar-refractivity contribution in [1.82, 2.24) is 10.2 Å². The highest BCUT2D eigenvalue weighted by atomic mass is 19.1. The van der Waals surface area contributed by atoms with E-state index in [1.54, 1.807) is 6.07 Å². The lowest BCUT2D eigenvalue weighted by molar-refractivity contribution is 0.303. The molecule has 1 N–H and O–H groups in total. The largest absolute Gasteiger partial charge is 0.314 e. The van der Waals surface area contributed by atoms with Crippen molar-refractivity contribution in [3.8, 4) is 0 Å². The summed E-state index contributed by atoms with van der Waals surface area (Å²) in [6.07, 6.45) is 4.71. The molecule has 0 aliphatic carbocycles. The molecule has 0 aliphatic rings. The second-order valence-corrected chi connectivity index (χ2v) is 5.53. The van der Waals surface area contributed by atoms with E-state index < -0.39 is 0 Å². The van der Waals surface area contributed by atoms with Crippen LogP contribution in [-0.4, -0.2) is 31.1 Å². The Morgan fingerprint density at radius 3 is 2.65 bits per heavy atom. The highest BCUT2D eigenvalue weighted by Gasteiger charge is 2.07. The fourth-order valence-corrected chi connectivity index (χ4v) is 2.40. The third-order valence-electron chi connectivity index (χ3n) is 3.67. The van der Waals surface area contributed by atoms with Gasteiger partial charge >= 0.3 is 0 Å². The van der Waals surface area contributed by atoms with Crippen LogP contribution in [0.4, 0.5) is 4.39 Å². The fourth-order valence-electron chi connectivity index (χ4n) is 2.40. The van der Waals surface area contributed by atoms with E-state index in [0.717, 1.165) is 25.1 Å². The van der Waals surface area contributed by atoms with Crippen molar-refractivity contribution in [1.29, 1.82) is 0 Å². The molecule has 0 amide bonds. The maximum Gasteiger partial charge on any atom is 0.127 e. The minimum atomic E-state index is -0.101. The fraction of sp³-hybridized carbons (Fsp3) is 0.647. The molecule has 1 atom stereocenters. The molecule has 0 radical (unpaired) electrons. The monoisotopic (exact) mass is 280 g/mol. The predicted octanol–water partition coefficient (Wildman–Crippen LogP) is 3.82. The molecule has 0 saturated heterocycles. The molecule has 1 unspecified atom stereocenters. The second kappa shape index (κ2) is 9.89. The Kier molecular flexibility index (Phi) is 8.47. The summed E-state index contributed by atoms with van der Waals surface area (Å²) in [5.41, 5.74) is 0.783. The first-order valence-electron chi connectivity index (χ1n) is 7.82. The first kappa shape index (κ1) is 17.1. The summed E-state index contributed by atoms with van der Waals surface area (Å²) in [5, 5.41) is 3.57. The van der Waals surface area contributed by atoms with Crippen LogP contribution in [0.3, 0.4) is 0 Å². The van der Waals surface area contributed by atoms with E-state index in [9.17, 15) is 4.39 Å². The van der Waals surface area contributed by atoms with E-state index in [4.69, 9.17) is 0 Å². The minimum Gasteiger partial charge on any atom is -0.314 e. The van der Waals surface area contributed by atoms with Crippen LogP contribution in [0.15, 0.2) is 24.3 Å². The van der Waals surface area contributed by atoms with Gasteiger partial charge in [-0.2, -0.15) is 0 Å². The molecule has 0 aromatic heterocycles. The van der Waals surface area contributed by atoms with Crippen LogP contribution >= 0.6 is 0 Å². The average Bonchev–Trinajstić information content (AvgIpc) is 2.45. The lowest BCUT2D eigenvalue weighted by Gasteiger charge is -2.20. The van der Waals surface area contributed by atoms with Crippen LogP contribution in [0.25, 0.3) is 0 Å². The Balaban J connectivity index is 2.26.